The first-order chi connectivity index (χ1) is 11.6. The molecule has 1 aliphatic rings. The molecule has 1 saturated carbocycles. The van der Waals surface area contributed by atoms with E-state index in [1.807, 2.05) is 0 Å². The number of carbonyl (C=O) groups excluding carboxylic acids is 1. The molecule has 0 heterocycles. The highest BCUT2D eigenvalue weighted by molar-refractivity contribution is 7.89. The van der Waals surface area contributed by atoms with E-state index in [1.165, 1.54) is 14.1 Å². The second kappa shape index (κ2) is 7.25. The van der Waals surface area contributed by atoms with Crippen molar-refractivity contribution in [2.75, 3.05) is 20.7 Å². The van der Waals surface area contributed by atoms with Gasteiger partial charge < -0.3 is 10.5 Å². The van der Waals surface area contributed by atoms with E-state index in [2.05, 4.69) is 0 Å². The molecule has 0 bridgehead atoms. The van der Waals surface area contributed by atoms with Crippen LogP contribution in [0.4, 0.5) is 8.78 Å². The number of hydrogen-bond acceptors (Lipinski definition) is 4. The first-order valence-electron chi connectivity index (χ1n) is 7.95. The SMILES string of the molecule is CN(C)S(=O)(=O)c1c(OCC2(F)CCCCC2)ccc(C(N)=O)c1F. The molecule has 0 saturated heterocycles. The number of rotatable bonds is 6. The Kier molecular flexibility index (Phi) is 5.68. The second-order valence-corrected chi connectivity index (χ2v) is 8.49. The van der Waals surface area contributed by atoms with Crippen LogP contribution in [0, 0.1) is 5.82 Å². The Hall–Kier alpha value is -1.74. The number of nitrogens with zero attached hydrogens (tertiary/aromatic N) is 1. The lowest BCUT2D eigenvalue weighted by atomic mass is 9.87. The van der Waals surface area contributed by atoms with Gasteiger partial charge in [-0.2, -0.15) is 0 Å². The third-order valence-electron chi connectivity index (χ3n) is 4.30. The molecule has 1 aromatic rings. The van der Waals surface area contributed by atoms with E-state index in [0.717, 1.165) is 35.7 Å². The molecule has 0 aliphatic heterocycles. The van der Waals surface area contributed by atoms with Gasteiger partial charge in [-0.15, -0.1) is 0 Å². The average molecular weight is 376 g/mol. The summed E-state index contributed by atoms with van der Waals surface area (Å²) in [4.78, 5) is 10.5. The molecule has 0 aromatic heterocycles. The summed E-state index contributed by atoms with van der Waals surface area (Å²) in [6, 6.07) is 2.17. The summed E-state index contributed by atoms with van der Waals surface area (Å²) in [5.41, 5.74) is 2.93. The van der Waals surface area contributed by atoms with Gasteiger partial charge in [-0.25, -0.2) is 21.5 Å². The van der Waals surface area contributed by atoms with Crippen molar-refractivity contribution in [2.24, 2.45) is 5.73 Å². The number of ether oxygens (including phenoxy) is 1. The molecule has 140 valence electrons. The van der Waals surface area contributed by atoms with Gasteiger partial charge in [-0.3, -0.25) is 4.79 Å². The van der Waals surface area contributed by atoms with E-state index in [0.29, 0.717) is 12.8 Å². The van der Waals surface area contributed by atoms with Crippen LogP contribution in [0.3, 0.4) is 0 Å². The van der Waals surface area contributed by atoms with Crippen molar-refractivity contribution in [1.82, 2.24) is 4.31 Å². The Morgan fingerprint density at radius 2 is 1.88 bits per heavy atom. The van der Waals surface area contributed by atoms with Crippen molar-refractivity contribution < 1.29 is 26.7 Å². The molecule has 2 rings (SSSR count). The lowest BCUT2D eigenvalue weighted by Gasteiger charge is -2.29. The minimum atomic E-state index is -4.26. The molecule has 1 aliphatic carbocycles. The lowest BCUT2D eigenvalue weighted by Crippen LogP contribution is -2.34. The van der Waals surface area contributed by atoms with Gasteiger partial charge in [0.05, 0.1) is 5.56 Å². The summed E-state index contributed by atoms with van der Waals surface area (Å²) in [5.74, 6) is -2.73. The van der Waals surface area contributed by atoms with Crippen LogP contribution in [-0.4, -0.2) is 45.0 Å². The number of alkyl halides is 1. The Morgan fingerprint density at radius 1 is 1.28 bits per heavy atom. The van der Waals surface area contributed by atoms with Gasteiger partial charge in [0, 0.05) is 14.1 Å². The monoisotopic (exact) mass is 376 g/mol. The zero-order valence-electron chi connectivity index (χ0n) is 14.2. The van der Waals surface area contributed by atoms with Crippen molar-refractivity contribution >= 4 is 15.9 Å². The topological polar surface area (TPSA) is 89.7 Å². The highest BCUT2D eigenvalue weighted by atomic mass is 32.2. The van der Waals surface area contributed by atoms with Crippen LogP contribution in [0.5, 0.6) is 5.75 Å². The van der Waals surface area contributed by atoms with Gasteiger partial charge in [0.25, 0.3) is 5.91 Å². The maximum absolute atomic E-state index is 14.7. The zero-order valence-corrected chi connectivity index (χ0v) is 15.0. The largest absolute Gasteiger partial charge is 0.489 e. The van der Waals surface area contributed by atoms with Crippen LogP contribution in [0.1, 0.15) is 42.5 Å². The predicted molar refractivity (Wildman–Crippen MR) is 88.2 cm³/mol. The van der Waals surface area contributed by atoms with Crippen molar-refractivity contribution in [2.45, 2.75) is 42.7 Å². The highest BCUT2D eigenvalue weighted by Crippen LogP contribution is 2.35. The fourth-order valence-electron chi connectivity index (χ4n) is 2.80. The van der Waals surface area contributed by atoms with Crippen molar-refractivity contribution in [3.8, 4) is 5.75 Å². The number of halogens is 2. The Balaban J connectivity index is 2.43. The molecule has 9 heteroatoms. The summed E-state index contributed by atoms with van der Waals surface area (Å²) >= 11 is 0. The van der Waals surface area contributed by atoms with Gasteiger partial charge in [0.15, 0.2) is 10.7 Å². The zero-order chi connectivity index (χ0) is 18.8. The number of sulfonamides is 1. The van der Waals surface area contributed by atoms with Crippen LogP contribution < -0.4 is 10.5 Å². The summed E-state index contributed by atoms with van der Waals surface area (Å²) < 4.78 is 60.3. The molecule has 1 amide bonds. The normalized spacial score (nSPS) is 17.5. The Bertz CT molecular complexity index is 760. The standard InChI is InChI=1S/C16H22F2N2O4S/c1-20(2)25(22,23)14-12(7-6-11(13(14)17)15(19)21)24-10-16(18)8-4-3-5-9-16/h6-7H,3-5,8-10H2,1-2H3,(H2,19,21). The van der Waals surface area contributed by atoms with E-state index >= 15 is 0 Å². The Morgan fingerprint density at radius 3 is 2.40 bits per heavy atom. The number of amides is 1. The summed E-state index contributed by atoms with van der Waals surface area (Å²) in [5, 5.41) is 0. The first-order valence-corrected chi connectivity index (χ1v) is 9.39. The minimum Gasteiger partial charge on any atom is -0.489 e. The fourth-order valence-corrected chi connectivity index (χ4v) is 3.88. The molecule has 1 aromatic carbocycles. The number of primary amides is 1. The van der Waals surface area contributed by atoms with E-state index in [4.69, 9.17) is 10.5 Å². The van der Waals surface area contributed by atoms with Gasteiger partial charge in [-0.05, 0) is 25.0 Å². The molecule has 1 fully saturated rings. The number of benzene rings is 1. The third kappa shape index (κ3) is 4.09. The number of carbonyl (C=O) groups is 1. The second-order valence-electron chi connectivity index (χ2n) is 6.41. The summed E-state index contributed by atoms with van der Waals surface area (Å²) in [7, 11) is -1.83. The van der Waals surface area contributed by atoms with Crippen LogP contribution in [-0.2, 0) is 10.0 Å². The molecule has 0 radical (unpaired) electrons. The van der Waals surface area contributed by atoms with Crippen LogP contribution in [0.2, 0.25) is 0 Å². The van der Waals surface area contributed by atoms with E-state index < -0.39 is 37.9 Å². The number of nitrogens with two attached hydrogens (primary N) is 1. The molecule has 0 unspecified atom stereocenters. The van der Waals surface area contributed by atoms with E-state index in [9.17, 15) is 22.0 Å². The van der Waals surface area contributed by atoms with Gasteiger partial charge in [0.2, 0.25) is 10.0 Å². The van der Waals surface area contributed by atoms with Crippen molar-refractivity contribution in [3.05, 3.63) is 23.5 Å². The molecular formula is C16H22F2N2O4S. The van der Waals surface area contributed by atoms with Gasteiger partial charge in [-0.1, -0.05) is 19.3 Å². The van der Waals surface area contributed by atoms with E-state index in [-0.39, 0.29) is 12.4 Å². The lowest BCUT2D eigenvalue weighted by molar-refractivity contribution is 0.0460. The first kappa shape index (κ1) is 19.6. The quantitative estimate of drug-likeness (QED) is 0.824. The van der Waals surface area contributed by atoms with Crippen LogP contribution in [0.25, 0.3) is 0 Å². The molecular weight excluding hydrogens is 354 g/mol. The van der Waals surface area contributed by atoms with Crippen molar-refractivity contribution in [3.63, 3.8) is 0 Å². The minimum absolute atomic E-state index is 0.310. The fraction of sp³-hybridized carbons (Fsp3) is 0.562. The number of hydrogen-bond donors (Lipinski definition) is 1. The predicted octanol–water partition coefficient (Wildman–Crippen LogP) is 2.23. The molecule has 0 spiro atoms. The van der Waals surface area contributed by atoms with Crippen molar-refractivity contribution in [1.29, 1.82) is 0 Å². The maximum atomic E-state index is 14.7. The van der Waals surface area contributed by atoms with Crippen LogP contribution >= 0.6 is 0 Å². The molecule has 25 heavy (non-hydrogen) atoms. The summed E-state index contributed by atoms with van der Waals surface area (Å²) in [6.45, 7) is -0.377. The molecule has 2 N–H and O–H groups in total. The Labute approximate surface area is 146 Å². The smallest absolute Gasteiger partial charge is 0.251 e. The maximum Gasteiger partial charge on any atom is 0.251 e. The summed E-state index contributed by atoms with van der Waals surface area (Å²) in [6.07, 6.45) is 3.00. The third-order valence-corrected chi connectivity index (χ3v) is 6.16. The molecule has 0 atom stereocenters. The van der Waals surface area contributed by atoms with Gasteiger partial charge >= 0.3 is 0 Å². The van der Waals surface area contributed by atoms with Gasteiger partial charge in [0.1, 0.15) is 18.0 Å². The van der Waals surface area contributed by atoms with E-state index in [1.54, 1.807) is 0 Å². The molecule has 6 nitrogen and oxygen atoms in total. The highest BCUT2D eigenvalue weighted by Gasteiger charge is 2.35. The van der Waals surface area contributed by atoms with Crippen LogP contribution in [0.15, 0.2) is 17.0 Å². The average Bonchev–Trinajstić information content (AvgIpc) is 2.53.